The molecule has 0 fully saturated rings. The number of urea groups is 1. The Bertz CT molecular complexity index is 244. The smallest absolute Gasteiger partial charge is 0.320 e. The Morgan fingerprint density at radius 1 is 1.33 bits per heavy atom. The molecule has 1 aliphatic rings. The molecule has 0 saturated heterocycles. The molecule has 0 bridgehead atoms. The quantitative estimate of drug-likeness (QED) is 0.677. The minimum atomic E-state index is -0.252. The number of hydrogen-bond donors (Lipinski definition) is 2. The highest BCUT2D eigenvalue weighted by Gasteiger charge is 2.12. The zero-order chi connectivity index (χ0) is 12.3. The van der Waals surface area contributed by atoms with Crippen LogP contribution >= 0.6 is 0 Å². The van der Waals surface area contributed by atoms with Crippen LogP contribution in [0.5, 0.6) is 0 Å². The van der Waals surface area contributed by atoms with E-state index in [2.05, 4.69) is 28.9 Å². The molecule has 0 unspecified atom stereocenters. The lowest BCUT2D eigenvalue weighted by Crippen LogP contribution is -2.41. The number of rotatable bonds is 2. The summed E-state index contributed by atoms with van der Waals surface area (Å²) in [6.45, 7) is 15.4. The molecule has 0 spiro atoms. The summed E-state index contributed by atoms with van der Waals surface area (Å²) in [4.78, 5) is 14.4. The number of amides is 2. The summed E-state index contributed by atoms with van der Waals surface area (Å²) >= 11 is 0. The van der Waals surface area contributed by atoms with E-state index in [-0.39, 0.29) is 6.03 Å². The van der Waals surface area contributed by atoms with Gasteiger partial charge in [0.2, 0.25) is 0 Å². The molecule has 1 rings (SSSR count). The summed E-state index contributed by atoms with van der Waals surface area (Å²) in [5.74, 6) is 0.490. The van der Waals surface area contributed by atoms with Crippen LogP contribution in [0.2, 0.25) is 0 Å². The van der Waals surface area contributed by atoms with E-state index in [1.807, 2.05) is 27.7 Å². The van der Waals surface area contributed by atoms with Crippen LogP contribution in [0.25, 0.3) is 0 Å². The number of nitrogens with zero attached hydrogens (tertiary/aromatic N) is 1. The normalized spacial score (nSPS) is 13.2. The van der Waals surface area contributed by atoms with Gasteiger partial charge in [0.15, 0.2) is 0 Å². The molecule has 2 amide bonds. The van der Waals surface area contributed by atoms with Crippen LogP contribution in [0.15, 0.2) is 29.0 Å². The highest BCUT2D eigenvalue weighted by atomic mass is 16.2. The van der Waals surface area contributed by atoms with E-state index in [0.717, 1.165) is 5.57 Å². The number of hydrogen-bond acceptors (Lipinski definition) is 2. The highest BCUT2D eigenvalue weighted by molar-refractivity contribution is 5.78. The molecule has 0 aromatic carbocycles. The third kappa shape index (κ3) is 5.67. The van der Waals surface area contributed by atoms with Crippen LogP contribution in [-0.2, 0) is 0 Å². The van der Waals surface area contributed by atoms with Crippen molar-refractivity contribution in [1.29, 1.82) is 0 Å². The molecule has 86 valence electrons. The fourth-order valence-electron chi connectivity index (χ4n) is 0.801. The number of nitrogens with one attached hydrogen (secondary N) is 2. The van der Waals surface area contributed by atoms with Gasteiger partial charge in [0.05, 0.1) is 0 Å². The van der Waals surface area contributed by atoms with Crippen molar-refractivity contribution < 1.29 is 4.79 Å². The Labute approximate surface area is 92.2 Å². The van der Waals surface area contributed by atoms with Gasteiger partial charge in [0.1, 0.15) is 5.82 Å². The average Bonchev–Trinajstić information content (AvgIpc) is 2.34. The summed E-state index contributed by atoms with van der Waals surface area (Å²) in [6, 6.07) is -0.252. The average molecular weight is 211 g/mol. The maximum atomic E-state index is 10.7. The van der Waals surface area contributed by atoms with Crippen LogP contribution in [0.3, 0.4) is 0 Å². The monoisotopic (exact) mass is 211 g/mol. The van der Waals surface area contributed by atoms with Gasteiger partial charge in [-0.3, -0.25) is 5.32 Å². The second-order valence-corrected chi connectivity index (χ2v) is 2.04. The van der Waals surface area contributed by atoms with Crippen LogP contribution in [-0.4, -0.2) is 19.3 Å². The van der Waals surface area contributed by atoms with Gasteiger partial charge in [-0.1, -0.05) is 40.3 Å². The summed E-state index contributed by atoms with van der Waals surface area (Å²) < 4.78 is 0. The molecule has 0 atom stereocenters. The van der Waals surface area contributed by atoms with Crippen LogP contribution in [0, 0.1) is 0 Å². The Kier molecular flexibility index (Phi) is 11.1. The van der Waals surface area contributed by atoms with Crippen LogP contribution < -0.4 is 10.6 Å². The molecule has 0 aromatic rings. The van der Waals surface area contributed by atoms with Crippen molar-refractivity contribution in [3.63, 3.8) is 0 Å². The van der Waals surface area contributed by atoms with E-state index in [9.17, 15) is 4.79 Å². The summed E-state index contributed by atoms with van der Waals surface area (Å²) in [5, 5.41) is 5.08. The fourth-order valence-corrected chi connectivity index (χ4v) is 0.801. The first kappa shape index (κ1) is 15.9. The lowest BCUT2D eigenvalue weighted by atomic mass is 10.2. The molecule has 15 heavy (non-hydrogen) atoms. The van der Waals surface area contributed by atoms with Crippen molar-refractivity contribution in [1.82, 2.24) is 10.6 Å². The number of carbonyl (C=O) groups excluding carboxylic acids is 1. The highest BCUT2D eigenvalue weighted by Crippen LogP contribution is 2.05. The molecule has 4 heteroatoms. The molecule has 1 aliphatic heterocycles. The van der Waals surface area contributed by atoms with Gasteiger partial charge in [-0.15, -0.1) is 0 Å². The zero-order valence-electron chi connectivity index (χ0n) is 10.1. The molecule has 4 nitrogen and oxygen atoms in total. The van der Waals surface area contributed by atoms with Crippen molar-refractivity contribution in [3.8, 4) is 0 Å². The third-order valence-corrected chi connectivity index (χ3v) is 1.38. The first-order valence-electron chi connectivity index (χ1n) is 5.15. The van der Waals surface area contributed by atoms with Crippen molar-refractivity contribution in [3.05, 3.63) is 24.0 Å². The molecule has 0 aliphatic carbocycles. The molecule has 1 heterocycles. The summed E-state index contributed by atoms with van der Waals surface area (Å²) in [5.41, 5.74) is 0.847. The molecular weight excluding hydrogens is 190 g/mol. The lowest BCUT2D eigenvalue weighted by Gasteiger charge is -2.16. The minimum Gasteiger partial charge on any atom is -0.334 e. The maximum Gasteiger partial charge on any atom is 0.320 e. The van der Waals surface area contributed by atoms with E-state index in [1.165, 1.54) is 0 Å². The van der Waals surface area contributed by atoms with Gasteiger partial charge < -0.3 is 5.32 Å². The van der Waals surface area contributed by atoms with Gasteiger partial charge in [-0.25, -0.2) is 9.79 Å². The first-order valence-corrected chi connectivity index (χ1v) is 5.15. The molecule has 2 N–H and O–H groups in total. The van der Waals surface area contributed by atoms with Crippen molar-refractivity contribution in [2.45, 2.75) is 27.7 Å². The number of carbonyl (C=O) groups is 1. The van der Waals surface area contributed by atoms with Gasteiger partial charge in [0, 0.05) is 12.1 Å². The predicted octanol–water partition coefficient (Wildman–Crippen LogP) is 2.45. The van der Waals surface area contributed by atoms with Crippen LogP contribution in [0.4, 0.5) is 4.79 Å². The predicted molar refractivity (Wildman–Crippen MR) is 66.0 cm³/mol. The second kappa shape index (κ2) is 10.5. The van der Waals surface area contributed by atoms with Crippen LogP contribution in [0.1, 0.15) is 27.7 Å². The Balaban J connectivity index is 0. The van der Waals surface area contributed by atoms with E-state index in [4.69, 9.17) is 0 Å². The van der Waals surface area contributed by atoms with E-state index >= 15 is 0 Å². The largest absolute Gasteiger partial charge is 0.334 e. The van der Waals surface area contributed by atoms with Crippen molar-refractivity contribution >= 4 is 12.7 Å². The van der Waals surface area contributed by atoms with Crippen molar-refractivity contribution in [2.24, 2.45) is 4.99 Å². The maximum absolute atomic E-state index is 10.7. The Hall–Kier alpha value is -1.58. The van der Waals surface area contributed by atoms with Gasteiger partial charge in [-0.2, -0.15) is 0 Å². The van der Waals surface area contributed by atoms with Gasteiger partial charge in [0.25, 0.3) is 0 Å². The Morgan fingerprint density at radius 3 is 2.27 bits per heavy atom. The SMILES string of the molecule is C=CC1=C(N=C)NC(=O)NC1.CC.CC. The third-order valence-electron chi connectivity index (χ3n) is 1.38. The van der Waals surface area contributed by atoms with E-state index in [0.29, 0.717) is 12.4 Å². The molecular formula is C11H21N3O. The first-order chi connectivity index (χ1) is 7.27. The number of aliphatic imine (C=N–C) groups is 1. The molecule has 0 radical (unpaired) electrons. The molecule has 0 aromatic heterocycles. The fraction of sp³-hybridized carbons (Fsp3) is 0.455. The minimum absolute atomic E-state index is 0.252. The lowest BCUT2D eigenvalue weighted by molar-refractivity contribution is 0.242. The van der Waals surface area contributed by atoms with Crippen molar-refractivity contribution in [2.75, 3.05) is 6.54 Å². The van der Waals surface area contributed by atoms with Gasteiger partial charge >= 0.3 is 6.03 Å². The summed E-state index contributed by atoms with van der Waals surface area (Å²) in [6.07, 6.45) is 1.64. The van der Waals surface area contributed by atoms with E-state index < -0.39 is 0 Å². The van der Waals surface area contributed by atoms with E-state index in [1.54, 1.807) is 6.08 Å². The second-order valence-electron chi connectivity index (χ2n) is 2.04. The van der Waals surface area contributed by atoms with Gasteiger partial charge in [-0.05, 0) is 6.72 Å². The topological polar surface area (TPSA) is 53.5 Å². The standard InChI is InChI=1S/C7H9N3O.2C2H6/c1-3-5-4-9-7(11)10-6(5)8-2;2*1-2/h3H,1-2,4H2,(H2,9,10,11);2*1-2H3. The molecule has 0 saturated carbocycles. The summed E-state index contributed by atoms with van der Waals surface area (Å²) in [7, 11) is 0. The Morgan fingerprint density at radius 2 is 1.87 bits per heavy atom. The zero-order valence-corrected chi connectivity index (χ0v) is 10.1.